The van der Waals surface area contributed by atoms with Gasteiger partial charge in [-0.1, -0.05) is 67.9 Å². The molecule has 0 aliphatic carbocycles. The number of hydrogen-bond donors (Lipinski definition) is 3. The van der Waals surface area contributed by atoms with Crippen LogP contribution in [0.1, 0.15) is 59.7 Å². The quantitative estimate of drug-likeness (QED) is 0.307. The molecule has 0 aromatic heterocycles. The molecule has 0 spiro atoms. The maximum Gasteiger partial charge on any atom is 0.255 e. The summed E-state index contributed by atoms with van der Waals surface area (Å²) in [6, 6.07) is 18.0. The topological polar surface area (TPSA) is 126 Å². The fourth-order valence-corrected chi connectivity index (χ4v) is 5.42. The zero-order valence-corrected chi connectivity index (χ0v) is 28.1. The smallest absolute Gasteiger partial charge is 0.255 e. The first-order valence-corrected chi connectivity index (χ1v) is 16.2. The van der Waals surface area contributed by atoms with Gasteiger partial charge in [-0.05, 0) is 60.2 Å². The molecule has 11 heteroatoms. The molecule has 0 bridgehead atoms. The molecule has 1 heterocycles. The van der Waals surface area contributed by atoms with Crippen molar-refractivity contribution < 1.29 is 28.7 Å². The van der Waals surface area contributed by atoms with E-state index in [1.165, 1.54) is 4.90 Å². The van der Waals surface area contributed by atoms with Gasteiger partial charge in [0.15, 0.2) is 0 Å². The molecule has 10 nitrogen and oxygen atoms in total. The second kappa shape index (κ2) is 16.8. The van der Waals surface area contributed by atoms with Gasteiger partial charge >= 0.3 is 0 Å². The fraction of sp³-hybridized carbons (Fsp3) is 0.389. The Morgan fingerprint density at radius 3 is 2.53 bits per heavy atom. The SMILES string of the molecule is Cc1cc(OCCNC(=O)[C@@H]2CCC(=O)N[C@@H](Cc3ccccc3)C(=O)N(C)CCOc3ccccc3C(=O)N2)c(C(C)C)cc1Cl. The van der Waals surface area contributed by atoms with E-state index >= 15 is 0 Å². The third-order valence-corrected chi connectivity index (χ3v) is 8.37. The van der Waals surface area contributed by atoms with Gasteiger partial charge in [0.25, 0.3) is 5.91 Å². The molecule has 1 aliphatic rings. The van der Waals surface area contributed by atoms with Crippen molar-refractivity contribution in [2.24, 2.45) is 0 Å². The highest BCUT2D eigenvalue weighted by Gasteiger charge is 2.28. The number of carbonyl (C=O) groups excluding carboxylic acids is 4. The zero-order valence-electron chi connectivity index (χ0n) is 27.3. The lowest BCUT2D eigenvalue weighted by Gasteiger charge is -2.25. The van der Waals surface area contributed by atoms with Crippen LogP contribution in [0.2, 0.25) is 5.02 Å². The number of hydrogen-bond acceptors (Lipinski definition) is 6. The summed E-state index contributed by atoms with van der Waals surface area (Å²) in [5.41, 5.74) is 2.98. The van der Waals surface area contributed by atoms with Crippen LogP contribution >= 0.6 is 11.6 Å². The summed E-state index contributed by atoms with van der Waals surface area (Å²) in [4.78, 5) is 55.0. The second-order valence-electron chi connectivity index (χ2n) is 11.9. The van der Waals surface area contributed by atoms with Crippen molar-refractivity contribution in [2.75, 3.05) is 33.4 Å². The first-order valence-electron chi connectivity index (χ1n) is 15.8. The Balaban J connectivity index is 1.49. The monoisotopic (exact) mass is 662 g/mol. The van der Waals surface area contributed by atoms with Gasteiger partial charge in [-0.15, -0.1) is 0 Å². The molecule has 4 amide bonds. The predicted octanol–water partition coefficient (Wildman–Crippen LogP) is 4.42. The standard InChI is InChI=1S/C36H43ClN4O6/c1-23(2)27-22-28(37)24(3)20-32(27)46-18-16-38-35(44)29-14-15-33(42)39-30(21-25-10-6-5-7-11-25)36(45)41(4)17-19-47-31-13-9-8-12-26(31)34(43)40-29/h5-13,20,22-23,29-30H,14-19,21H2,1-4H3,(H,38,44)(H,39,42)(H,40,43)/t29-,30-/m0/s1. The highest BCUT2D eigenvalue weighted by molar-refractivity contribution is 6.31. The molecule has 0 radical (unpaired) electrons. The summed E-state index contributed by atoms with van der Waals surface area (Å²) in [5, 5.41) is 9.12. The molecule has 1 aliphatic heterocycles. The molecule has 3 aromatic rings. The summed E-state index contributed by atoms with van der Waals surface area (Å²) < 4.78 is 11.9. The third kappa shape index (κ3) is 9.96. The highest BCUT2D eigenvalue weighted by Crippen LogP contribution is 2.32. The lowest BCUT2D eigenvalue weighted by atomic mass is 10.0. The van der Waals surface area contributed by atoms with E-state index in [0.29, 0.717) is 22.9 Å². The number of nitrogens with zero attached hydrogens (tertiary/aromatic N) is 1. The van der Waals surface area contributed by atoms with Gasteiger partial charge in [-0.25, -0.2) is 0 Å². The number of rotatable bonds is 8. The van der Waals surface area contributed by atoms with Crippen LogP contribution in [0.25, 0.3) is 0 Å². The van der Waals surface area contributed by atoms with Crippen molar-refractivity contribution >= 4 is 35.2 Å². The minimum atomic E-state index is -1.04. The van der Waals surface area contributed by atoms with Gasteiger partial charge in [-0.2, -0.15) is 0 Å². The molecule has 0 unspecified atom stereocenters. The van der Waals surface area contributed by atoms with Gasteiger partial charge < -0.3 is 30.3 Å². The molecule has 0 saturated heterocycles. The molecule has 4 rings (SSSR count). The first kappa shape index (κ1) is 35.3. The number of halogens is 1. The van der Waals surface area contributed by atoms with Gasteiger partial charge in [0.2, 0.25) is 17.7 Å². The van der Waals surface area contributed by atoms with Crippen molar-refractivity contribution in [3.63, 3.8) is 0 Å². The van der Waals surface area contributed by atoms with E-state index in [-0.39, 0.29) is 56.5 Å². The van der Waals surface area contributed by atoms with E-state index in [4.69, 9.17) is 21.1 Å². The average molecular weight is 663 g/mol. The van der Waals surface area contributed by atoms with Crippen molar-refractivity contribution in [2.45, 2.75) is 58.0 Å². The Labute approximate surface area is 281 Å². The average Bonchev–Trinajstić information content (AvgIpc) is 3.05. The van der Waals surface area contributed by atoms with Crippen molar-refractivity contribution in [1.29, 1.82) is 0 Å². The molecule has 0 fully saturated rings. The van der Waals surface area contributed by atoms with Crippen LogP contribution in [0.5, 0.6) is 11.5 Å². The Bertz CT molecular complexity index is 1560. The van der Waals surface area contributed by atoms with Crippen LogP contribution in [0, 0.1) is 6.92 Å². The van der Waals surface area contributed by atoms with Gasteiger partial charge in [0.1, 0.15) is 36.8 Å². The lowest BCUT2D eigenvalue weighted by Crippen LogP contribution is -2.50. The molecule has 3 aromatic carbocycles. The van der Waals surface area contributed by atoms with Crippen LogP contribution < -0.4 is 25.4 Å². The summed E-state index contributed by atoms with van der Waals surface area (Å²) in [6.45, 7) is 6.69. The molecule has 47 heavy (non-hydrogen) atoms. The number of para-hydroxylation sites is 1. The normalized spacial score (nSPS) is 17.8. The number of fused-ring (bicyclic) bond motifs is 1. The van der Waals surface area contributed by atoms with E-state index in [0.717, 1.165) is 16.7 Å². The third-order valence-electron chi connectivity index (χ3n) is 7.96. The van der Waals surface area contributed by atoms with Crippen molar-refractivity contribution in [3.05, 3.63) is 94.0 Å². The van der Waals surface area contributed by atoms with Crippen LogP contribution in [0.3, 0.4) is 0 Å². The largest absolute Gasteiger partial charge is 0.491 e. The van der Waals surface area contributed by atoms with E-state index < -0.39 is 29.8 Å². The molecule has 3 N–H and O–H groups in total. The minimum absolute atomic E-state index is 0.00323. The predicted molar refractivity (Wildman–Crippen MR) is 181 cm³/mol. The van der Waals surface area contributed by atoms with E-state index in [1.54, 1.807) is 31.3 Å². The molecule has 2 atom stereocenters. The molecular formula is C36H43ClN4O6. The van der Waals surface area contributed by atoms with Gasteiger partial charge in [-0.3, -0.25) is 19.2 Å². The number of ether oxygens (including phenoxy) is 2. The zero-order chi connectivity index (χ0) is 33.9. The van der Waals surface area contributed by atoms with Crippen molar-refractivity contribution in [3.8, 4) is 11.5 Å². The Hall–Kier alpha value is -4.57. The molecular weight excluding hydrogens is 620 g/mol. The Kier molecular flexibility index (Phi) is 12.6. The number of amides is 4. The first-order chi connectivity index (χ1) is 22.5. The Morgan fingerprint density at radius 1 is 1.06 bits per heavy atom. The number of likely N-dealkylation sites (N-methyl/N-ethyl adjacent to an activating group) is 1. The van der Waals surface area contributed by atoms with E-state index in [9.17, 15) is 19.2 Å². The summed E-state index contributed by atoms with van der Waals surface area (Å²) in [6.07, 6.45) is 0.201. The highest BCUT2D eigenvalue weighted by atomic mass is 35.5. The van der Waals surface area contributed by atoms with Crippen LogP contribution in [0.15, 0.2) is 66.7 Å². The number of benzene rings is 3. The molecule has 0 saturated carbocycles. The van der Waals surface area contributed by atoms with E-state index in [2.05, 4.69) is 16.0 Å². The second-order valence-corrected chi connectivity index (χ2v) is 12.3. The fourth-order valence-electron chi connectivity index (χ4n) is 5.25. The number of aryl methyl sites for hydroxylation is 1. The minimum Gasteiger partial charge on any atom is -0.491 e. The summed E-state index contributed by atoms with van der Waals surface area (Å²) in [7, 11) is 1.65. The lowest BCUT2D eigenvalue weighted by molar-refractivity contribution is -0.135. The van der Waals surface area contributed by atoms with Crippen LogP contribution in [-0.4, -0.2) is 74.0 Å². The maximum absolute atomic E-state index is 13.5. The van der Waals surface area contributed by atoms with E-state index in [1.807, 2.05) is 63.2 Å². The van der Waals surface area contributed by atoms with Crippen molar-refractivity contribution in [1.82, 2.24) is 20.9 Å². The maximum atomic E-state index is 13.5. The summed E-state index contributed by atoms with van der Waals surface area (Å²) >= 11 is 6.32. The van der Waals surface area contributed by atoms with Gasteiger partial charge in [0, 0.05) is 24.9 Å². The van der Waals surface area contributed by atoms with Gasteiger partial charge in [0.05, 0.1) is 18.7 Å². The van der Waals surface area contributed by atoms with Crippen LogP contribution in [0.4, 0.5) is 0 Å². The number of nitrogens with one attached hydrogen (secondary N) is 3. The van der Waals surface area contributed by atoms with Crippen LogP contribution in [-0.2, 0) is 20.8 Å². The summed E-state index contributed by atoms with van der Waals surface area (Å²) in [5.74, 6) is -0.465. The number of carbonyl (C=O) groups is 4. The Morgan fingerprint density at radius 2 is 1.79 bits per heavy atom. The molecule has 250 valence electrons.